The van der Waals surface area contributed by atoms with E-state index < -0.39 is 0 Å². The molecule has 0 spiro atoms. The predicted molar refractivity (Wildman–Crippen MR) is 89.2 cm³/mol. The molecule has 1 amide bonds. The highest BCUT2D eigenvalue weighted by molar-refractivity contribution is 5.85. The highest BCUT2D eigenvalue weighted by Crippen LogP contribution is 2.16. The Bertz CT molecular complexity index is 655. The van der Waals surface area contributed by atoms with Crippen LogP contribution in [-0.2, 0) is 11.3 Å². The fourth-order valence-corrected chi connectivity index (χ4v) is 2.98. The van der Waals surface area contributed by atoms with E-state index >= 15 is 0 Å². The molecule has 5 nitrogen and oxygen atoms in total. The van der Waals surface area contributed by atoms with Crippen LogP contribution >= 0.6 is 12.4 Å². The number of hydrogen-bond acceptors (Lipinski definition) is 3. The van der Waals surface area contributed by atoms with Gasteiger partial charge in [0.25, 0.3) is 0 Å². The Morgan fingerprint density at radius 3 is 3.05 bits per heavy atom. The van der Waals surface area contributed by atoms with Crippen molar-refractivity contribution >= 4 is 24.0 Å². The normalized spacial score (nSPS) is 21.4. The van der Waals surface area contributed by atoms with Crippen LogP contribution in [0, 0.1) is 12.8 Å². The Labute approximate surface area is 136 Å². The molecular formula is C16H23ClN4O. The summed E-state index contributed by atoms with van der Waals surface area (Å²) in [5.74, 6) is 0.275. The maximum Gasteiger partial charge on any atom is 0.223 e. The van der Waals surface area contributed by atoms with Gasteiger partial charge in [0.2, 0.25) is 5.91 Å². The summed E-state index contributed by atoms with van der Waals surface area (Å²) in [6, 6.07) is 6.45. The van der Waals surface area contributed by atoms with Gasteiger partial charge in [0.15, 0.2) is 0 Å². The van der Waals surface area contributed by atoms with Crippen LogP contribution in [0.3, 0.4) is 0 Å². The zero-order valence-electron chi connectivity index (χ0n) is 13.0. The molecule has 0 aliphatic carbocycles. The van der Waals surface area contributed by atoms with Crippen molar-refractivity contribution in [3.05, 3.63) is 35.8 Å². The molecule has 120 valence electrons. The van der Waals surface area contributed by atoms with Gasteiger partial charge < -0.3 is 15.0 Å². The van der Waals surface area contributed by atoms with Crippen LogP contribution in [0.2, 0.25) is 0 Å². The SMILES string of the molecule is Cc1cccc2nc(CNC(=O)[C@H]3CCN[C@@H](C)C3)cn12.Cl. The van der Waals surface area contributed by atoms with E-state index in [0.717, 1.165) is 36.4 Å². The first-order valence-electron chi connectivity index (χ1n) is 7.58. The molecule has 1 fully saturated rings. The summed E-state index contributed by atoms with van der Waals surface area (Å²) in [7, 11) is 0. The summed E-state index contributed by atoms with van der Waals surface area (Å²) in [5, 5.41) is 6.40. The number of fused-ring (bicyclic) bond motifs is 1. The van der Waals surface area contributed by atoms with Gasteiger partial charge in [0.1, 0.15) is 5.65 Å². The van der Waals surface area contributed by atoms with Crippen molar-refractivity contribution in [2.24, 2.45) is 5.92 Å². The fraction of sp³-hybridized carbons (Fsp3) is 0.500. The summed E-state index contributed by atoms with van der Waals surface area (Å²) in [4.78, 5) is 16.8. The van der Waals surface area contributed by atoms with Crippen molar-refractivity contribution in [3.8, 4) is 0 Å². The molecule has 2 N–H and O–H groups in total. The highest BCUT2D eigenvalue weighted by Gasteiger charge is 2.24. The van der Waals surface area contributed by atoms with Gasteiger partial charge in [-0.1, -0.05) is 6.07 Å². The first-order chi connectivity index (χ1) is 10.1. The van der Waals surface area contributed by atoms with Crippen LogP contribution < -0.4 is 10.6 Å². The number of rotatable bonds is 3. The number of halogens is 1. The lowest BCUT2D eigenvalue weighted by atomic mass is 9.92. The molecule has 0 aromatic carbocycles. The zero-order valence-corrected chi connectivity index (χ0v) is 13.8. The summed E-state index contributed by atoms with van der Waals surface area (Å²) in [6.45, 7) is 5.60. The molecule has 22 heavy (non-hydrogen) atoms. The van der Waals surface area contributed by atoms with E-state index in [0.29, 0.717) is 12.6 Å². The first kappa shape index (κ1) is 16.8. The van der Waals surface area contributed by atoms with E-state index in [4.69, 9.17) is 0 Å². The van der Waals surface area contributed by atoms with Gasteiger partial charge in [0, 0.05) is 23.9 Å². The third-order valence-electron chi connectivity index (χ3n) is 4.18. The molecule has 2 aromatic heterocycles. The Kier molecular flexibility index (Phi) is 5.42. The molecule has 2 aromatic rings. The molecule has 1 aliphatic rings. The van der Waals surface area contributed by atoms with Crippen LogP contribution in [0.25, 0.3) is 5.65 Å². The standard InChI is InChI=1S/C16H22N4O.ClH/c1-11-8-13(6-7-17-11)16(21)18-9-14-10-20-12(2)4-3-5-15(20)19-14;/h3-5,10-11,13,17H,6-9H2,1-2H3,(H,18,21);1H/t11-,13-;/m0./s1. The van der Waals surface area contributed by atoms with E-state index in [1.165, 1.54) is 0 Å². The third-order valence-corrected chi connectivity index (χ3v) is 4.18. The van der Waals surface area contributed by atoms with E-state index in [-0.39, 0.29) is 24.2 Å². The molecule has 2 atom stereocenters. The zero-order chi connectivity index (χ0) is 14.8. The molecule has 3 rings (SSSR count). The average molecular weight is 323 g/mol. The van der Waals surface area contributed by atoms with E-state index in [1.54, 1.807) is 0 Å². The number of aromatic nitrogens is 2. The van der Waals surface area contributed by atoms with Crippen molar-refractivity contribution < 1.29 is 4.79 Å². The van der Waals surface area contributed by atoms with Crippen molar-refractivity contribution in [2.45, 2.75) is 39.3 Å². The summed E-state index contributed by atoms with van der Waals surface area (Å²) in [6.07, 6.45) is 3.83. The topological polar surface area (TPSA) is 58.4 Å². The molecular weight excluding hydrogens is 300 g/mol. The second kappa shape index (κ2) is 7.11. The number of pyridine rings is 1. The number of hydrogen-bond donors (Lipinski definition) is 2. The fourth-order valence-electron chi connectivity index (χ4n) is 2.98. The van der Waals surface area contributed by atoms with Crippen LogP contribution in [-0.4, -0.2) is 27.9 Å². The summed E-state index contributed by atoms with van der Waals surface area (Å²) in [5.41, 5.74) is 2.97. The maximum absolute atomic E-state index is 12.2. The maximum atomic E-state index is 12.2. The molecule has 1 aliphatic heterocycles. The number of imidazole rings is 1. The second-order valence-corrected chi connectivity index (χ2v) is 5.92. The third kappa shape index (κ3) is 3.59. The number of aryl methyl sites for hydroxylation is 1. The Morgan fingerprint density at radius 2 is 2.32 bits per heavy atom. The van der Waals surface area contributed by atoms with Crippen molar-refractivity contribution in [3.63, 3.8) is 0 Å². The quantitative estimate of drug-likeness (QED) is 0.909. The van der Waals surface area contributed by atoms with Gasteiger partial charge in [-0.2, -0.15) is 0 Å². The van der Waals surface area contributed by atoms with Crippen molar-refractivity contribution in [1.29, 1.82) is 0 Å². The number of piperidine rings is 1. The average Bonchev–Trinajstić information content (AvgIpc) is 2.89. The first-order valence-corrected chi connectivity index (χ1v) is 7.58. The Balaban J connectivity index is 0.00000176. The second-order valence-electron chi connectivity index (χ2n) is 5.92. The van der Waals surface area contributed by atoms with Crippen molar-refractivity contribution in [1.82, 2.24) is 20.0 Å². The summed E-state index contributed by atoms with van der Waals surface area (Å²) < 4.78 is 2.05. The molecule has 1 saturated heterocycles. The van der Waals surface area contributed by atoms with Gasteiger partial charge in [-0.25, -0.2) is 4.98 Å². The number of nitrogens with zero attached hydrogens (tertiary/aromatic N) is 2. The van der Waals surface area contributed by atoms with Crippen LogP contribution in [0.1, 0.15) is 31.2 Å². The predicted octanol–water partition coefficient (Wildman–Crippen LogP) is 2.07. The monoisotopic (exact) mass is 322 g/mol. The van der Waals surface area contributed by atoms with E-state index in [9.17, 15) is 4.79 Å². The minimum absolute atomic E-state index is 0. The smallest absolute Gasteiger partial charge is 0.223 e. The van der Waals surface area contributed by atoms with Crippen molar-refractivity contribution in [2.75, 3.05) is 6.54 Å². The van der Waals surface area contributed by atoms with E-state index in [2.05, 4.69) is 22.5 Å². The molecule has 3 heterocycles. The Morgan fingerprint density at radius 1 is 1.50 bits per heavy atom. The largest absolute Gasteiger partial charge is 0.350 e. The van der Waals surface area contributed by atoms with Crippen LogP contribution in [0.5, 0.6) is 0 Å². The number of carbonyl (C=O) groups is 1. The number of amides is 1. The van der Waals surface area contributed by atoms with Gasteiger partial charge in [0.05, 0.1) is 12.2 Å². The number of carbonyl (C=O) groups excluding carboxylic acids is 1. The van der Waals surface area contributed by atoms with Crippen LogP contribution in [0.15, 0.2) is 24.4 Å². The minimum atomic E-state index is 0. The lowest BCUT2D eigenvalue weighted by molar-refractivity contribution is -0.126. The molecule has 0 radical (unpaired) electrons. The van der Waals surface area contributed by atoms with E-state index in [1.807, 2.05) is 35.7 Å². The van der Waals surface area contributed by atoms with Gasteiger partial charge in [-0.3, -0.25) is 4.79 Å². The lowest BCUT2D eigenvalue weighted by Crippen LogP contribution is -2.42. The lowest BCUT2D eigenvalue weighted by Gasteiger charge is -2.26. The minimum Gasteiger partial charge on any atom is -0.350 e. The number of nitrogens with one attached hydrogen (secondary N) is 2. The Hall–Kier alpha value is -1.59. The molecule has 0 bridgehead atoms. The molecule has 0 saturated carbocycles. The van der Waals surface area contributed by atoms with Gasteiger partial charge >= 0.3 is 0 Å². The molecule has 0 unspecified atom stereocenters. The molecule has 6 heteroatoms. The van der Waals surface area contributed by atoms with Gasteiger partial charge in [-0.15, -0.1) is 12.4 Å². The highest BCUT2D eigenvalue weighted by atomic mass is 35.5. The van der Waals surface area contributed by atoms with Gasteiger partial charge in [-0.05, 0) is 45.4 Å². The van der Waals surface area contributed by atoms with Crippen LogP contribution in [0.4, 0.5) is 0 Å². The summed E-state index contributed by atoms with van der Waals surface area (Å²) >= 11 is 0.